The molecule has 1 heterocycles. The van der Waals surface area contributed by atoms with Gasteiger partial charge in [0.1, 0.15) is 12.7 Å². The number of aromatic nitrogens is 3. The van der Waals surface area contributed by atoms with Gasteiger partial charge >= 0.3 is 0 Å². The number of aliphatic hydroxyl groups is 1. The van der Waals surface area contributed by atoms with E-state index in [0.29, 0.717) is 13.0 Å². The molecule has 0 saturated heterocycles. The second kappa shape index (κ2) is 5.63. The van der Waals surface area contributed by atoms with E-state index in [2.05, 4.69) is 22.7 Å². The number of halogens is 1. The van der Waals surface area contributed by atoms with Crippen LogP contribution in [0.15, 0.2) is 36.9 Å². The second-order valence-electron chi connectivity index (χ2n) is 5.78. The fraction of sp³-hybridized carbons (Fsp3) is 0.467. The number of rotatable bonds is 6. The summed E-state index contributed by atoms with van der Waals surface area (Å²) >= 11 is 10.6. The van der Waals surface area contributed by atoms with Gasteiger partial charge in [-0.25, -0.2) is 4.98 Å². The molecule has 0 aliphatic heterocycles. The van der Waals surface area contributed by atoms with Crippen LogP contribution in [0.25, 0.3) is 0 Å². The molecular formula is C15H18ClN3OS. The Morgan fingerprint density at radius 3 is 2.62 bits per heavy atom. The summed E-state index contributed by atoms with van der Waals surface area (Å²) < 4.78 is 1.36. The van der Waals surface area contributed by atoms with Gasteiger partial charge in [-0.2, -0.15) is 17.7 Å². The first-order valence-corrected chi connectivity index (χ1v) is 7.85. The molecule has 1 aliphatic carbocycles. The van der Waals surface area contributed by atoms with E-state index in [1.165, 1.54) is 6.33 Å². The fourth-order valence-corrected chi connectivity index (χ4v) is 3.05. The zero-order chi connectivity index (χ0) is 14.9. The molecule has 112 valence electrons. The molecule has 21 heavy (non-hydrogen) atoms. The number of hydrogen-bond donors (Lipinski definition) is 2. The molecule has 1 saturated carbocycles. The molecule has 0 bridgehead atoms. The summed E-state index contributed by atoms with van der Waals surface area (Å²) in [5.41, 5.74) is 0.276. The van der Waals surface area contributed by atoms with Crippen LogP contribution in [0.1, 0.15) is 24.8 Å². The normalized spacial score (nSPS) is 19.2. The van der Waals surface area contributed by atoms with Crippen molar-refractivity contribution in [3.63, 3.8) is 0 Å². The summed E-state index contributed by atoms with van der Waals surface area (Å²) in [6.45, 7) is 0.421. The molecule has 0 amide bonds. The lowest BCUT2D eigenvalue weighted by Gasteiger charge is -2.34. The standard InChI is InChI=1S/C15H18ClN3OS/c16-13-3-1-12(2-4-13)5-6-14(20,15(21)7-8-15)9-19-11-17-10-18-19/h1-4,10-11,20-21H,5-9H2. The highest BCUT2D eigenvalue weighted by Gasteiger charge is 2.56. The van der Waals surface area contributed by atoms with E-state index in [1.54, 1.807) is 11.0 Å². The SMILES string of the molecule is OC(CCc1ccc(Cl)cc1)(Cn1cncn1)C1(S)CC1. The van der Waals surface area contributed by atoms with Gasteiger partial charge in [0.15, 0.2) is 0 Å². The van der Waals surface area contributed by atoms with Crippen molar-refractivity contribution in [3.05, 3.63) is 47.5 Å². The molecule has 0 radical (unpaired) electrons. The maximum atomic E-state index is 11.1. The number of thiol groups is 1. The van der Waals surface area contributed by atoms with Gasteiger partial charge < -0.3 is 5.11 Å². The van der Waals surface area contributed by atoms with E-state index in [-0.39, 0.29) is 4.75 Å². The predicted molar refractivity (Wildman–Crippen MR) is 85.7 cm³/mol. The molecule has 0 spiro atoms. The van der Waals surface area contributed by atoms with Crippen LogP contribution in [0.3, 0.4) is 0 Å². The molecule has 1 aromatic heterocycles. The molecule has 1 fully saturated rings. The Morgan fingerprint density at radius 2 is 2.05 bits per heavy atom. The monoisotopic (exact) mass is 323 g/mol. The first-order chi connectivity index (χ1) is 10.0. The van der Waals surface area contributed by atoms with Crippen LogP contribution in [-0.2, 0) is 13.0 Å². The summed E-state index contributed by atoms with van der Waals surface area (Å²) in [7, 11) is 0. The summed E-state index contributed by atoms with van der Waals surface area (Å²) in [6, 6.07) is 7.74. The quantitative estimate of drug-likeness (QED) is 0.804. The van der Waals surface area contributed by atoms with Crippen LogP contribution in [0, 0.1) is 0 Å². The van der Waals surface area contributed by atoms with Crippen LogP contribution in [0.4, 0.5) is 0 Å². The third kappa shape index (κ3) is 3.25. The maximum Gasteiger partial charge on any atom is 0.137 e. The topological polar surface area (TPSA) is 50.9 Å². The third-order valence-electron chi connectivity index (χ3n) is 4.22. The zero-order valence-corrected chi connectivity index (χ0v) is 13.3. The van der Waals surface area contributed by atoms with Gasteiger partial charge in [-0.3, -0.25) is 4.68 Å². The fourth-order valence-electron chi connectivity index (χ4n) is 2.63. The van der Waals surface area contributed by atoms with Crippen molar-refractivity contribution >= 4 is 24.2 Å². The predicted octanol–water partition coefficient (Wildman–Crippen LogP) is 2.76. The van der Waals surface area contributed by atoms with E-state index in [9.17, 15) is 5.11 Å². The number of benzene rings is 1. The third-order valence-corrected chi connectivity index (χ3v) is 5.34. The molecular weight excluding hydrogens is 306 g/mol. The second-order valence-corrected chi connectivity index (χ2v) is 7.08. The largest absolute Gasteiger partial charge is 0.386 e. The first kappa shape index (κ1) is 14.9. The number of nitrogens with zero attached hydrogens (tertiary/aromatic N) is 3. The maximum absolute atomic E-state index is 11.1. The molecule has 1 atom stereocenters. The molecule has 1 aliphatic rings. The summed E-state index contributed by atoms with van der Waals surface area (Å²) in [5.74, 6) is 0. The number of aryl methyl sites for hydroxylation is 1. The smallest absolute Gasteiger partial charge is 0.137 e. The van der Waals surface area contributed by atoms with Gasteiger partial charge in [-0.1, -0.05) is 23.7 Å². The lowest BCUT2D eigenvalue weighted by Crippen LogP contribution is -2.45. The van der Waals surface area contributed by atoms with Crippen LogP contribution in [0.5, 0.6) is 0 Å². The highest BCUT2D eigenvalue weighted by Crippen LogP contribution is 2.52. The average molecular weight is 324 g/mol. The van der Waals surface area contributed by atoms with Gasteiger partial charge in [0, 0.05) is 9.77 Å². The van der Waals surface area contributed by atoms with E-state index in [1.807, 2.05) is 24.3 Å². The van der Waals surface area contributed by atoms with Gasteiger partial charge in [0.25, 0.3) is 0 Å². The van der Waals surface area contributed by atoms with Crippen LogP contribution < -0.4 is 0 Å². The van der Waals surface area contributed by atoms with Crippen molar-refractivity contribution in [2.75, 3.05) is 0 Å². The number of hydrogen-bond acceptors (Lipinski definition) is 4. The Hall–Kier alpha value is -1.04. The van der Waals surface area contributed by atoms with Crippen LogP contribution in [0.2, 0.25) is 5.02 Å². The molecule has 3 rings (SSSR count). The van der Waals surface area contributed by atoms with E-state index >= 15 is 0 Å². The van der Waals surface area contributed by atoms with Crippen molar-refractivity contribution in [3.8, 4) is 0 Å². The van der Waals surface area contributed by atoms with Crippen molar-refractivity contribution in [2.24, 2.45) is 0 Å². The molecule has 1 unspecified atom stereocenters. The lowest BCUT2D eigenvalue weighted by atomic mass is 9.89. The Bertz CT molecular complexity index is 598. The summed E-state index contributed by atoms with van der Waals surface area (Å²) in [6.07, 6.45) is 6.40. The minimum absolute atomic E-state index is 0.314. The lowest BCUT2D eigenvalue weighted by molar-refractivity contribution is 0.00234. The average Bonchev–Trinajstić information content (AvgIpc) is 3.03. The molecule has 1 N–H and O–H groups in total. The Labute approximate surface area is 134 Å². The summed E-state index contributed by atoms with van der Waals surface area (Å²) in [5, 5.41) is 15.9. The van der Waals surface area contributed by atoms with Crippen molar-refractivity contribution in [1.29, 1.82) is 0 Å². The molecule has 2 aromatic rings. The Kier molecular flexibility index (Phi) is 3.99. The van der Waals surface area contributed by atoms with Gasteiger partial charge in [0.2, 0.25) is 0 Å². The highest BCUT2D eigenvalue weighted by atomic mass is 35.5. The van der Waals surface area contributed by atoms with Crippen molar-refractivity contribution < 1.29 is 5.11 Å². The van der Waals surface area contributed by atoms with Gasteiger partial charge in [-0.15, -0.1) is 0 Å². The Morgan fingerprint density at radius 1 is 1.33 bits per heavy atom. The van der Waals surface area contributed by atoms with E-state index in [0.717, 1.165) is 29.8 Å². The minimum atomic E-state index is -0.885. The van der Waals surface area contributed by atoms with Crippen LogP contribution in [-0.4, -0.2) is 30.2 Å². The van der Waals surface area contributed by atoms with E-state index in [4.69, 9.17) is 11.6 Å². The molecule has 4 nitrogen and oxygen atoms in total. The van der Waals surface area contributed by atoms with Crippen LogP contribution >= 0.6 is 24.2 Å². The molecule has 6 heteroatoms. The minimum Gasteiger partial charge on any atom is -0.386 e. The Balaban J connectivity index is 1.72. The van der Waals surface area contributed by atoms with Gasteiger partial charge in [0.05, 0.1) is 12.1 Å². The molecule has 1 aromatic carbocycles. The zero-order valence-electron chi connectivity index (χ0n) is 11.6. The van der Waals surface area contributed by atoms with Crippen molar-refractivity contribution in [2.45, 2.75) is 42.6 Å². The highest BCUT2D eigenvalue weighted by molar-refractivity contribution is 7.82. The first-order valence-electron chi connectivity index (χ1n) is 7.02. The van der Waals surface area contributed by atoms with Crippen molar-refractivity contribution in [1.82, 2.24) is 14.8 Å². The van der Waals surface area contributed by atoms with E-state index < -0.39 is 5.60 Å². The summed E-state index contributed by atoms with van der Waals surface area (Å²) in [4.78, 5) is 3.94. The van der Waals surface area contributed by atoms with Gasteiger partial charge in [-0.05, 0) is 43.4 Å².